The Morgan fingerprint density at radius 3 is 2.36 bits per heavy atom. The molecule has 78 valence electrons. The molecule has 1 heterocycles. The summed E-state index contributed by atoms with van der Waals surface area (Å²) < 4.78 is 4.65. The SMILES string of the molecule is C[C@]1(C2CCCCC2)CC(=O)OC1=O. The molecule has 0 aromatic carbocycles. The van der Waals surface area contributed by atoms with E-state index in [4.69, 9.17) is 0 Å². The highest BCUT2D eigenvalue weighted by molar-refractivity contribution is 5.97. The maximum absolute atomic E-state index is 11.6. The second kappa shape index (κ2) is 3.37. The van der Waals surface area contributed by atoms with Crippen molar-refractivity contribution < 1.29 is 14.3 Å². The van der Waals surface area contributed by atoms with Gasteiger partial charge in [-0.25, -0.2) is 0 Å². The molecule has 0 spiro atoms. The molecule has 2 fully saturated rings. The van der Waals surface area contributed by atoms with Crippen LogP contribution in [0.2, 0.25) is 0 Å². The van der Waals surface area contributed by atoms with E-state index in [2.05, 4.69) is 4.74 Å². The summed E-state index contributed by atoms with van der Waals surface area (Å²) in [7, 11) is 0. The van der Waals surface area contributed by atoms with Crippen LogP contribution < -0.4 is 0 Å². The molecule has 0 amide bonds. The second-order valence-corrected chi connectivity index (χ2v) is 4.69. The van der Waals surface area contributed by atoms with Crippen LogP contribution >= 0.6 is 0 Å². The lowest BCUT2D eigenvalue weighted by molar-refractivity contribution is -0.156. The predicted molar refractivity (Wildman–Crippen MR) is 50.4 cm³/mol. The highest BCUT2D eigenvalue weighted by Gasteiger charge is 2.50. The quantitative estimate of drug-likeness (QED) is 0.476. The first-order valence-corrected chi connectivity index (χ1v) is 5.38. The van der Waals surface area contributed by atoms with Crippen LogP contribution in [0.1, 0.15) is 45.4 Å². The van der Waals surface area contributed by atoms with E-state index in [-0.39, 0.29) is 18.4 Å². The van der Waals surface area contributed by atoms with Crippen molar-refractivity contribution in [3.63, 3.8) is 0 Å². The topological polar surface area (TPSA) is 43.4 Å². The van der Waals surface area contributed by atoms with Gasteiger partial charge in [0.25, 0.3) is 0 Å². The normalized spacial score (nSPS) is 34.6. The van der Waals surface area contributed by atoms with Crippen LogP contribution in [-0.2, 0) is 14.3 Å². The Morgan fingerprint density at radius 1 is 1.21 bits per heavy atom. The van der Waals surface area contributed by atoms with Crippen molar-refractivity contribution >= 4 is 11.9 Å². The number of rotatable bonds is 1. The molecular formula is C11H16O3. The van der Waals surface area contributed by atoms with Gasteiger partial charge in [0.05, 0.1) is 11.8 Å². The highest BCUT2D eigenvalue weighted by atomic mass is 16.6. The molecule has 0 radical (unpaired) electrons. The van der Waals surface area contributed by atoms with Crippen molar-refractivity contribution in [1.82, 2.24) is 0 Å². The molecule has 0 aromatic heterocycles. The number of hydrogen-bond acceptors (Lipinski definition) is 3. The minimum Gasteiger partial charge on any atom is -0.393 e. The van der Waals surface area contributed by atoms with Crippen LogP contribution in [0.5, 0.6) is 0 Å². The number of carbonyl (C=O) groups is 2. The van der Waals surface area contributed by atoms with E-state index >= 15 is 0 Å². The van der Waals surface area contributed by atoms with Crippen molar-refractivity contribution in [2.75, 3.05) is 0 Å². The second-order valence-electron chi connectivity index (χ2n) is 4.69. The third kappa shape index (κ3) is 1.45. The van der Waals surface area contributed by atoms with Gasteiger partial charge >= 0.3 is 11.9 Å². The standard InChI is InChI=1S/C11H16O3/c1-11(7-9(12)14-10(11)13)8-5-3-2-4-6-8/h8H,2-7H2,1H3/t11-/m1/s1. The zero-order valence-corrected chi connectivity index (χ0v) is 8.54. The van der Waals surface area contributed by atoms with E-state index < -0.39 is 5.41 Å². The number of carbonyl (C=O) groups excluding carboxylic acids is 2. The Morgan fingerprint density at radius 2 is 1.86 bits per heavy atom. The molecule has 0 aromatic rings. The molecule has 14 heavy (non-hydrogen) atoms. The molecular weight excluding hydrogens is 180 g/mol. The fourth-order valence-corrected chi connectivity index (χ4v) is 2.68. The summed E-state index contributed by atoms with van der Waals surface area (Å²) in [6.45, 7) is 1.89. The van der Waals surface area contributed by atoms with E-state index in [1.807, 2.05) is 6.92 Å². The van der Waals surface area contributed by atoms with Gasteiger partial charge in [-0.2, -0.15) is 0 Å². The van der Waals surface area contributed by atoms with Crippen LogP contribution in [0.4, 0.5) is 0 Å². The molecule has 3 nitrogen and oxygen atoms in total. The minimum absolute atomic E-state index is 0.288. The lowest BCUT2D eigenvalue weighted by Crippen LogP contribution is -2.33. The third-order valence-electron chi connectivity index (χ3n) is 3.69. The van der Waals surface area contributed by atoms with Gasteiger partial charge in [0, 0.05) is 0 Å². The molecule has 0 N–H and O–H groups in total. The Hall–Kier alpha value is -0.860. The predicted octanol–water partition coefficient (Wildman–Crippen LogP) is 2.05. The zero-order valence-electron chi connectivity index (χ0n) is 8.54. The smallest absolute Gasteiger partial charge is 0.320 e. The largest absolute Gasteiger partial charge is 0.393 e. The molecule has 1 saturated heterocycles. The maximum Gasteiger partial charge on any atom is 0.320 e. The van der Waals surface area contributed by atoms with Gasteiger partial charge in [-0.3, -0.25) is 9.59 Å². The molecule has 2 aliphatic rings. The van der Waals surface area contributed by atoms with Crippen molar-refractivity contribution in [3.05, 3.63) is 0 Å². The fraction of sp³-hybridized carbons (Fsp3) is 0.818. The lowest BCUT2D eigenvalue weighted by Gasteiger charge is -2.32. The Balaban J connectivity index is 2.14. The summed E-state index contributed by atoms with van der Waals surface area (Å²) in [6, 6.07) is 0. The van der Waals surface area contributed by atoms with Gasteiger partial charge in [-0.15, -0.1) is 0 Å². The molecule has 2 rings (SSSR count). The molecule has 0 bridgehead atoms. The first-order valence-electron chi connectivity index (χ1n) is 5.38. The summed E-state index contributed by atoms with van der Waals surface area (Å²) >= 11 is 0. The molecule has 0 unspecified atom stereocenters. The van der Waals surface area contributed by atoms with Crippen molar-refractivity contribution in [2.45, 2.75) is 45.4 Å². The summed E-state index contributed by atoms with van der Waals surface area (Å²) in [4.78, 5) is 22.6. The van der Waals surface area contributed by atoms with Crippen LogP contribution in [0, 0.1) is 11.3 Å². The third-order valence-corrected chi connectivity index (χ3v) is 3.69. The first kappa shape index (κ1) is 9.69. The Labute approximate surface area is 83.8 Å². The summed E-state index contributed by atoms with van der Waals surface area (Å²) in [6.07, 6.45) is 6.05. The lowest BCUT2D eigenvalue weighted by atomic mass is 9.69. The van der Waals surface area contributed by atoms with E-state index in [0.29, 0.717) is 5.92 Å². The van der Waals surface area contributed by atoms with Gasteiger partial charge in [0.15, 0.2) is 0 Å². The average molecular weight is 196 g/mol. The van der Waals surface area contributed by atoms with E-state index in [1.165, 1.54) is 19.3 Å². The molecule has 3 heteroatoms. The van der Waals surface area contributed by atoms with Gasteiger partial charge in [0.2, 0.25) is 0 Å². The van der Waals surface area contributed by atoms with Crippen LogP contribution in [-0.4, -0.2) is 11.9 Å². The van der Waals surface area contributed by atoms with E-state index in [9.17, 15) is 9.59 Å². The summed E-state index contributed by atoms with van der Waals surface area (Å²) in [5.41, 5.74) is -0.516. The van der Waals surface area contributed by atoms with Crippen molar-refractivity contribution in [2.24, 2.45) is 11.3 Å². The maximum atomic E-state index is 11.6. The molecule has 1 aliphatic carbocycles. The van der Waals surface area contributed by atoms with Gasteiger partial charge in [0.1, 0.15) is 0 Å². The van der Waals surface area contributed by atoms with Crippen molar-refractivity contribution in [3.8, 4) is 0 Å². The number of hydrogen-bond donors (Lipinski definition) is 0. The van der Waals surface area contributed by atoms with Crippen molar-refractivity contribution in [1.29, 1.82) is 0 Å². The molecule has 1 atom stereocenters. The van der Waals surface area contributed by atoms with Crippen LogP contribution in [0.15, 0.2) is 0 Å². The summed E-state index contributed by atoms with van der Waals surface area (Å²) in [5.74, 6) is -0.285. The Kier molecular flexibility index (Phi) is 2.33. The minimum atomic E-state index is -0.516. The van der Waals surface area contributed by atoms with E-state index in [1.54, 1.807) is 0 Å². The number of cyclic esters (lactones) is 2. The van der Waals surface area contributed by atoms with Gasteiger partial charge < -0.3 is 4.74 Å². The average Bonchev–Trinajstić information content (AvgIpc) is 2.43. The Bertz CT molecular complexity index is 266. The molecule has 1 saturated carbocycles. The van der Waals surface area contributed by atoms with Gasteiger partial charge in [-0.05, 0) is 25.7 Å². The van der Waals surface area contributed by atoms with Crippen LogP contribution in [0.3, 0.4) is 0 Å². The summed E-state index contributed by atoms with van der Waals surface area (Å²) in [5, 5.41) is 0. The number of esters is 2. The first-order chi connectivity index (χ1) is 6.63. The van der Waals surface area contributed by atoms with E-state index in [0.717, 1.165) is 12.8 Å². The fourth-order valence-electron chi connectivity index (χ4n) is 2.68. The molecule has 1 aliphatic heterocycles. The zero-order chi connectivity index (χ0) is 10.2. The monoisotopic (exact) mass is 196 g/mol. The highest BCUT2D eigenvalue weighted by Crippen LogP contribution is 2.44. The van der Waals surface area contributed by atoms with Crippen LogP contribution in [0.25, 0.3) is 0 Å². The van der Waals surface area contributed by atoms with Gasteiger partial charge in [-0.1, -0.05) is 19.3 Å². The number of ether oxygens (including phenoxy) is 1.